The lowest BCUT2D eigenvalue weighted by Crippen LogP contribution is -2.29. The number of benzene rings is 2. The summed E-state index contributed by atoms with van der Waals surface area (Å²) >= 11 is 0. The lowest BCUT2D eigenvalue weighted by Gasteiger charge is -2.17. The van der Waals surface area contributed by atoms with Crippen LogP contribution in [0, 0.1) is 5.82 Å². The van der Waals surface area contributed by atoms with Gasteiger partial charge < -0.3 is 15.4 Å². The molecule has 0 radical (unpaired) electrons. The van der Waals surface area contributed by atoms with Crippen molar-refractivity contribution in [2.45, 2.75) is 18.8 Å². The van der Waals surface area contributed by atoms with Gasteiger partial charge in [-0.1, -0.05) is 24.8 Å². The standard InChI is InChI=1S/C28H26FN5O3/c1-3-23(35)33(2)11-12-37-26-25(31-16-32-27(26)30)19-5-4-6-21(14-19)34-10-9-18-13-20(17-7-8-17)15-22(29)24(18)28(34)36/h3-6,9-10,13-17H,1,7-8,11-12H2,2H3,(H2,30,31,32). The van der Waals surface area contributed by atoms with Crippen LogP contribution < -0.4 is 16.0 Å². The van der Waals surface area contributed by atoms with Gasteiger partial charge in [-0.15, -0.1) is 0 Å². The largest absolute Gasteiger partial charge is 0.486 e. The summed E-state index contributed by atoms with van der Waals surface area (Å²) in [6, 6.07) is 12.2. The van der Waals surface area contributed by atoms with Gasteiger partial charge in [0.25, 0.3) is 5.56 Å². The first kappa shape index (κ1) is 24.2. The van der Waals surface area contributed by atoms with Crippen molar-refractivity contribution in [2.75, 3.05) is 25.9 Å². The number of hydrogen-bond donors (Lipinski definition) is 1. The van der Waals surface area contributed by atoms with Gasteiger partial charge >= 0.3 is 0 Å². The van der Waals surface area contributed by atoms with Crippen molar-refractivity contribution in [2.24, 2.45) is 0 Å². The summed E-state index contributed by atoms with van der Waals surface area (Å²) in [5.41, 5.74) is 8.18. The summed E-state index contributed by atoms with van der Waals surface area (Å²) in [6.45, 7) is 3.94. The van der Waals surface area contributed by atoms with Gasteiger partial charge in [0.15, 0.2) is 11.6 Å². The molecule has 0 spiro atoms. The van der Waals surface area contributed by atoms with E-state index in [4.69, 9.17) is 10.5 Å². The van der Waals surface area contributed by atoms with Crippen molar-refractivity contribution in [1.82, 2.24) is 19.4 Å². The Morgan fingerprint density at radius 2 is 2.08 bits per heavy atom. The van der Waals surface area contributed by atoms with Crippen LogP contribution in [0.5, 0.6) is 5.75 Å². The van der Waals surface area contributed by atoms with Crippen LogP contribution in [0.15, 0.2) is 72.4 Å². The van der Waals surface area contributed by atoms with E-state index in [1.807, 2.05) is 6.07 Å². The second kappa shape index (κ2) is 9.85. The molecule has 0 atom stereocenters. The Morgan fingerprint density at radius 3 is 2.84 bits per heavy atom. The minimum absolute atomic E-state index is 0.0609. The molecule has 5 rings (SSSR count). The fourth-order valence-electron chi connectivity index (χ4n) is 4.29. The average molecular weight is 500 g/mol. The van der Waals surface area contributed by atoms with Gasteiger partial charge in [0.05, 0.1) is 11.9 Å². The predicted octanol–water partition coefficient (Wildman–Crippen LogP) is 4.07. The smallest absolute Gasteiger partial charge is 0.265 e. The number of pyridine rings is 1. The van der Waals surface area contributed by atoms with Gasteiger partial charge in [-0.25, -0.2) is 14.4 Å². The monoisotopic (exact) mass is 499 g/mol. The summed E-state index contributed by atoms with van der Waals surface area (Å²) in [5, 5.41) is 0.657. The Kier molecular flexibility index (Phi) is 6.43. The lowest BCUT2D eigenvalue weighted by molar-refractivity contribution is -0.125. The number of anilines is 1. The molecule has 0 saturated heterocycles. The molecule has 1 aliphatic rings. The molecule has 1 aliphatic carbocycles. The summed E-state index contributed by atoms with van der Waals surface area (Å²) < 4.78 is 22.3. The van der Waals surface area contributed by atoms with E-state index >= 15 is 0 Å². The molecule has 1 saturated carbocycles. The normalized spacial score (nSPS) is 12.9. The number of amides is 1. The van der Waals surface area contributed by atoms with E-state index in [0.29, 0.717) is 34.8 Å². The van der Waals surface area contributed by atoms with Gasteiger partial charge in [0, 0.05) is 24.5 Å². The summed E-state index contributed by atoms with van der Waals surface area (Å²) in [7, 11) is 1.64. The summed E-state index contributed by atoms with van der Waals surface area (Å²) in [5.74, 6) is 0.0645. The van der Waals surface area contributed by atoms with Crippen molar-refractivity contribution in [1.29, 1.82) is 0 Å². The zero-order valence-electron chi connectivity index (χ0n) is 20.4. The van der Waals surface area contributed by atoms with Crippen LogP contribution in [-0.4, -0.2) is 45.5 Å². The highest BCUT2D eigenvalue weighted by atomic mass is 19.1. The average Bonchev–Trinajstić information content (AvgIpc) is 3.74. The van der Waals surface area contributed by atoms with E-state index in [1.54, 1.807) is 43.6 Å². The number of nitrogens with two attached hydrogens (primary N) is 1. The SMILES string of the molecule is C=CC(=O)N(C)CCOc1c(N)ncnc1-c1cccc(-n2ccc3cc(C4CC4)cc(F)c3c2=O)c1. The van der Waals surface area contributed by atoms with Crippen molar-refractivity contribution >= 4 is 22.5 Å². The Labute approximate surface area is 212 Å². The molecule has 4 aromatic rings. The van der Waals surface area contributed by atoms with E-state index in [-0.39, 0.29) is 29.5 Å². The second-order valence-electron chi connectivity index (χ2n) is 9.03. The van der Waals surface area contributed by atoms with Crippen LogP contribution in [0.25, 0.3) is 27.7 Å². The topological polar surface area (TPSA) is 103 Å². The molecule has 2 heterocycles. The van der Waals surface area contributed by atoms with Crippen LogP contribution in [0.2, 0.25) is 0 Å². The van der Waals surface area contributed by atoms with Crippen molar-refractivity contribution in [3.05, 3.63) is 89.4 Å². The number of carbonyl (C=O) groups excluding carboxylic acids is 1. The first-order chi connectivity index (χ1) is 17.9. The van der Waals surface area contributed by atoms with Crippen molar-refractivity contribution in [3.63, 3.8) is 0 Å². The number of likely N-dealkylation sites (N-methyl/N-ethyl adjacent to an activating group) is 1. The quantitative estimate of drug-likeness (QED) is 0.367. The maximum atomic E-state index is 15.0. The van der Waals surface area contributed by atoms with Gasteiger partial charge in [-0.2, -0.15) is 0 Å². The zero-order valence-corrected chi connectivity index (χ0v) is 20.4. The van der Waals surface area contributed by atoms with Crippen molar-refractivity contribution in [3.8, 4) is 22.7 Å². The second-order valence-corrected chi connectivity index (χ2v) is 9.03. The van der Waals surface area contributed by atoms with E-state index in [9.17, 15) is 14.0 Å². The number of carbonyl (C=O) groups is 1. The zero-order chi connectivity index (χ0) is 26.1. The Bertz CT molecular complexity index is 1580. The Morgan fingerprint density at radius 1 is 1.27 bits per heavy atom. The number of aromatic nitrogens is 3. The third-order valence-electron chi connectivity index (χ3n) is 6.48. The summed E-state index contributed by atoms with van der Waals surface area (Å²) in [4.78, 5) is 34.9. The molecule has 9 heteroatoms. The number of halogens is 1. The highest BCUT2D eigenvalue weighted by Gasteiger charge is 2.25. The molecule has 2 aromatic heterocycles. The van der Waals surface area contributed by atoms with Crippen molar-refractivity contribution < 1.29 is 13.9 Å². The number of ether oxygens (including phenoxy) is 1. The van der Waals surface area contributed by atoms with Gasteiger partial charge in [-0.3, -0.25) is 14.2 Å². The van der Waals surface area contributed by atoms with E-state index in [1.165, 1.54) is 27.9 Å². The molecule has 0 aliphatic heterocycles. The maximum Gasteiger partial charge on any atom is 0.265 e. The maximum absolute atomic E-state index is 15.0. The van der Waals surface area contributed by atoms with Crippen LogP contribution in [0.3, 0.4) is 0 Å². The van der Waals surface area contributed by atoms with Gasteiger partial charge in [0.2, 0.25) is 5.91 Å². The third kappa shape index (κ3) is 4.80. The van der Waals surface area contributed by atoms with Gasteiger partial charge in [-0.05, 0) is 60.1 Å². The molecule has 1 fully saturated rings. The van der Waals surface area contributed by atoms with Gasteiger partial charge in [0.1, 0.15) is 24.4 Å². The third-order valence-corrected chi connectivity index (χ3v) is 6.48. The molecule has 2 N–H and O–H groups in total. The number of nitrogens with zero attached hydrogens (tertiary/aromatic N) is 4. The van der Waals surface area contributed by atoms with Crippen LogP contribution in [0.1, 0.15) is 24.3 Å². The minimum Gasteiger partial charge on any atom is -0.486 e. The fourth-order valence-corrected chi connectivity index (χ4v) is 4.29. The highest BCUT2D eigenvalue weighted by molar-refractivity contribution is 5.86. The van der Waals surface area contributed by atoms with E-state index in [2.05, 4.69) is 16.5 Å². The molecule has 8 nitrogen and oxygen atoms in total. The molecule has 188 valence electrons. The molecule has 2 aromatic carbocycles. The number of fused-ring (bicyclic) bond motifs is 1. The molecule has 0 bridgehead atoms. The van der Waals surface area contributed by atoms with Crippen LogP contribution >= 0.6 is 0 Å². The highest BCUT2D eigenvalue weighted by Crippen LogP contribution is 2.41. The fraction of sp³-hybridized carbons (Fsp3) is 0.214. The molecule has 37 heavy (non-hydrogen) atoms. The lowest BCUT2D eigenvalue weighted by atomic mass is 10.0. The minimum atomic E-state index is -0.505. The number of hydrogen-bond acceptors (Lipinski definition) is 6. The Hall–Kier alpha value is -4.53. The number of nitrogen functional groups attached to an aromatic ring is 1. The first-order valence-corrected chi connectivity index (χ1v) is 11.9. The molecule has 0 unspecified atom stereocenters. The van der Waals surface area contributed by atoms with Crippen LogP contribution in [-0.2, 0) is 4.79 Å². The molecular weight excluding hydrogens is 473 g/mol. The molecular formula is C28H26FN5O3. The Balaban J connectivity index is 1.48. The predicted molar refractivity (Wildman–Crippen MR) is 140 cm³/mol. The molecule has 1 amide bonds. The summed E-state index contributed by atoms with van der Waals surface area (Å²) in [6.07, 6.45) is 6.31. The van der Waals surface area contributed by atoms with E-state index in [0.717, 1.165) is 18.4 Å². The first-order valence-electron chi connectivity index (χ1n) is 11.9. The van der Waals surface area contributed by atoms with Crippen LogP contribution in [0.4, 0.5) is 10.2 Å². The van der Waals surface area contributed by atoms with E-state index < -0.39 is 11.4 Å². The number of rotatable bonds is 8.